The lowest BCUT2D eigenvalue weighted by molar-refractivity contribution is -0.274. The Morgan fingerprint density at radius 1 is 1.11 bits per heavy atom. The number of hydrogen-bond donors (Lipinski definition) is 1. The second-order valence-corrected chi connectivity index (χ2v) is 8.10. The molecule has 0 fully saturated rings. The molecule has 188 valence electrons. The number of fused-ring (bicyclic) bond motifs is 1. The van der Waals surface area contributed by atoms with Crippen molar-refractivity contribution in [3.8, 4) is 33.7 Å². The molecule has 0 spiro atoms. The third-order valence-corrected chi connectivity index (χ3v) is 5.72. The molecule has 0 bridgehead atoms. The van der Waals surface area contributed by atoms with Gasteiger partial charge in [0.25, 0.3) is 0 Å². The lowest BCUT2D eigenvalue weighted by Gasteiger charge is -2.14. The van der Waals surface area contributed by atoms with Gasteiger partial charge in [-0.15, -0.1) is 13.2 Å². The Morgan fingerprint density at radius 3 is 2.54 bits per heavy atom. The fraction of sp³-hybridized carbons (Fsp3) is 0.120. The van der Waals surface area contributed by atoms with Gasteiger partial charge in [-0.25, -0.2) is 14.2 Å². The Morgan fingerprint density at radius 2 is 1.89 bits per heavy atom. The number of carbonyl (C=O) groups is 1. The first-order chi connectivity index (χ1) is 17.5. The van der Waals surface area contributed by atoms with Crippen LogP contribution in [0.4, 0.5) is 17.6 Å². The molecule has 0 saturated heterocycles. The smallest absolute Gasteiger partial charge is 0.478 e. The molecule has 1 aromatic carbocycles. The van der Waals surface area contributed by atoms with Gasteiger partial charge >= 0.3 is 12.3 Å². The van der Waals surface area contributed by atoms with Gasteiger partial charge in [-0.3, -0.25) is 9.55 Å². The first kappa shape index (κ1) is 24.0. The first-order valence-corrected chi connectivity index (χ1v) is 10.7. The predicted octanol–water partition coefficient (Wildman–Crippen LogP) is 6.10. The van der Waals surface area contributed by atoms with Crippen molar-refractivity contribution in [1.29, 1.82) is 0 Å². The molecule has 37 heavy (non-hydrogen) atoms. The van der Waals surface area contributed by atoms with Crippen LogP contribution in [0.15, 0.2) is 59.6 Å². The zero-order valence-electron chi connectivity index (χ0n) is 19.2. The third kappa shape index (κ3) is 4.37. The zero-order valence-corrected chi connectivity index (χ0v) is 19.2. The maximum Gasteiger partial charge on any atom is 0.573 e. The Hall–Kier alpha value is -4.74. The van der Waals surface area contributed by atoms with E-state index in [1.165, 1.54) is 35.4 Å². The molecule has 0 unspecified atom stereocenters. The number of ether oxygens (including phenoxy) is 1. The van der Waals surface area contributed by atoms with E-state index < -0.39 is 29.5 Å². The highest BCUT2D eigenvalue weighted by Gasteiger charge is 2.33. The van der Waals surface area contributed by atoms with Crippen molar-refractivity contribution in [3.05, 3.63) is 78.0 Å². The molecule has 0 aliphatic rings. The van der Waals surface area contributed by atoms with Gasteiger partial charge in [0, 0.05) is 46.2 Å². The van der Waals surface area contributed by atoms with Crippen molar-refractivity contribution in [2.24, 2.45) is 0 Å². The van der Waals surface area contributed by atoms with Crippen LogP contribution in [-0.2, 0) is 0 Å². The monoisotopic (exact) mass is 512 g/mol. The van der Waals surface area contributed by atoms with Gasteiger partial charge in [0.2, 0.25) is 0 Å². The predicted molar refractivity (Wildman–Crippen MR) is 123 cm³/mol. The summed E-state index contributed by atoms with van der Waals surface area (Å²) in [6.45, 7) is 3.43. The van der Waals surface area contributed by atoms with Gasteiger partial charge in [0.05, 0.1) is 17.5 Å². The Kier molecular flexibility index (Phi) is 5.66. The maximum atomic E-state index is 14.7. The summed E-state index contributed by atoms with van der Waals surface area (Å²) in [7, 11) is 0. The Bertz CT molecular complexity index is 1650. The second-order valence-electron chi connectivity index (χ2n) is 8.10. The van der Waals surface area contributed by atoms with Crippen LogP contribution in [-0.4, -0.2) is 37.1 Å². The average Bonchev–Trinajstić information content (AvgIpc) is 3.37. The summed E-state index contributed by atoms with van der Waals surface area (Å²) in [5, 5.41) is 13.6. The first-order valence-electron chi connectivity index (χ1n) is 10.7. The van der Waals surface area contributed by atoms with Crippen LogP contribution in [0.5, 0.6) is 5.75 Å². The van der Waals surface area contributed by atoms with E-state index in [0.717, 1.165) is 18.2 Å². The molecule has 5 rings (SSSR count). The summed E-state index contributed by atoms with van der Waals surface area (Å²) >= 11 is 0. The molecule has 0 atom stereocenters. The van der Waals surface area contributed by atoms with Crippen molar-refractivity contribution in [1.82, 2.24) is 19.7 Å². The molecule has 0 radical (unpaired) electrons. The number of aromatic nitrogens is 4. The second kappa shape index (κ2) is 8.73. The number of halogens is 4. The molecule has 12 heteroatoms. The van der Waals surface area contributed by atoms with Crippen LogP contribution in [0.3, 0.4) is 0 Å². The summed E-state index contributed by atoms with van der Waals surface area (Å²) in [6, 6.07) is 5.94. The number of hydrogen-bond acceptors (Lipinski definition) is 6. The van der Waals surface area contributed by atoms with E-state index in [2.05, 4.69) is 19.9 Å². The average molecular weight is 512 g/mol. The number of alkyl halides is 3. The van der Waals surface area contributed by atoms with Gasteiger partial charge in [0.15, 0.2) is 0 Å². The van der Waals surface area contributed by atoms with E-state index in [4.69, 9.17) is 4.52 Å². The van der Waals surface area contributed by atoms with Crippen molar-refractivity contribution in [2.75, 3.05) is 0 Å². The molecule has 4 heterocycles. The van der Waals surface area contributed by atoms with Crippen LogP contribution < -0.4 is 4.74 Å². The molecule has 1 N–H and O–H groups in total. The normalized spacial score (nSPS) is 11.7. The number of rotatable bonds is 5. The van der Waals surface area contributed by atoms with Crippen LogP contribution in [0.25, 0.3) is 39.0 Å². The van der Waals surface area contributed by atoms with Crippen LogP contribution in [0.1, 0.15) is 21.8 Å². The van der Waals surface area contributed by atoms with Crippen molar-refractivity contribution >= 4 is 17.0 Å². The van der Waals surface area contributed by atoms with Crippen LogP contribution in [0, 0.1) is 19.7 Å². The SMILES string of the molecule is Cc1noc(C)c1-c1cnc2c(c1)c(-c1ccc(C(=O)O)cc1OC(F)(F)F)cn2-c1cnccc1F. The highest BCUT2D eigenvalue weighted by molar-refractivity contribution is 6.00. The van der Waals surface area contributed by atoms with E-state index in [0.29, 0.717) is 28.0 Å². The standard InChI is InChI=1S/C25H16F4N4O4/c1-12-22(13(2)37-32-12)15-7-17-18(11-33(23(17)31-9-15)20-10-30-6-5-19(20)26)16-4-3-14(24(34)35)8-21(16)36-25(27,28)29/h3-11H,1-2H3,(H,34,35). The molecule has 8 nitrogen and oxygen atoms in total. The lowest BCUT2D eigenvalue weighted by atomic mass is 10.00. The zero-order chi connectivity index (χ0) is 26.5. The molecule has 0 aliphatic carbocycles. The molecular weight excluding hydrogens is 496 g/mol. The fourth-order valence-electron chi connectivity index (χ4n) is 4.17. The minimum Gasteiger partial charge on any atom is -0.478 e. The van der Waals surface area contributed by atoms with Gasteiger partial charge in [-0.05, 0) is 44.2 Å². The van der Waals surface area contributed by atoms with Gasteiger partial charge in [-0.1, -0.05) is 5.16 Å². The van der Waals surface area contributed by atoms with E-state index >= 15 is 0 Å². The Labute approximate surface area is 205 Å². The quantitative estimate of drug-likeness (QED) is 0.284. The Balaban J connectivity index is 1.83. The summed E-state index contributed by atoms with van der Waals surface area (Å²) in [6.07, 6.45) is 0.329. The van der Waals surface area contributed by atoms with Crippen LogP contribution >= 0.6 is 0 Å². The lowest BCUT2D eigenvalue weighted by Crippen LogP contribution is -2.18. The minimum atomic E-state index is -5.10. The van der Waals surface area contributed by atoms with E-state index in [9.17, 15) is 27.5 Å². The number of aromatic carboxylic acids is 1. The molecule has 5 aromatic rings. The number of pyridine rings is 2. The van der Waals surface area contributed by atoms with Crippen molar-refractivity contribution in [2.45, 2.75) is 20.2 Å². The number of nitrogens with zero attached hydrogens (tertiary/aromatic N) is 4. The van der Waals surface area contributed by atoms with Crippen molar-refractivity contribution in [3.63, 3.8) is 0 Å². The molecular formula is C25H16F4N4O4. The molecule has 4 aromatic heterocycles. The number of carboxylic acid groups (broad SMARTS) is 1. The van der Waals surface area contributed by atoms with E-state index in [1.54, 1.807) is 19.9 Å². The number of benzene rings is 1. The van der Waals surface area contributed by atoms with E-state index in [1.807, 2.05) is 0 Å². The summed E-state index contributed by atoms with van der Waals surface area (Å²) in [5.74, 6) is -2.30. The topological polar surface area (TPSA) is 103 Å². The maximum absolute atomic E-state index is 14.7. The van der Waals surface area contributed by atoms with Crippen molar-refractivity contribution < 1.29 is 36.7 Å². The largest absolute Gasteiger partial charge is 0.573 e. The highest BCUT2D eigenvalue weighted by Crippen LogP contribution is 2.41. The highest BCUT2D eigenvalue weighted by atomic mass is 19.4. The minimum absolute atomic E-state index is 0.0109. The molecule has 0 amide bonds. The molecule has 0 aliphatic heterocycles. The van der Waals surface area contributed by atoms with E-state index in [-0.39, 0.29) is 22.5 Å². The van der Waals surface area contributed by atoms with Gasteiger partial charge in [-0.2, -0.15) is 0 Å². The summed E-state index contributed by atoms with van der Waals surface area (Å²) in [5.41, 5.74) is 1.73. The summed E-state index contributed by atoms with van der Waals surface area (Å²) in [4.78, 5) is 19.8. The van der Waals surface area contributed by atoms with Gasteiger partial charge < -0.3 is 14.4 Å². The fourth-order valence-corrected chi connectivity index (χ4v) is 4.17. The van der Waals surface area contributed by atoms with Crippen LogP contribution in [0.2, 0.25) is 0 Å². The number of aryl methyl sites for hydroxylation is 2. The number of carboxylic acids is 1. The third-order valence-electron chi connectivity index (χ3n) is 5.72. The molecule has 0 saturated carbocycles. The van der Waals surface area contributed by atoms with Gasteiger partial charge in [0.1, 0.15) is 28.7 Å². The summed E-state index contributed by atoms with van der Waals surface area (Å²) < 4.78 is 65.4.